The fourth-order valence-corrected chi connectivity index (χ4v) is 3.79. The van der Waals surface area contributed by atoms with Crippen LogP contribution in [0, 0.1) is 10.1 Å². The number of amides is 1. The molecule has 7 nitrogen and oxygen atoms in total. The molecule has 0 aliphatic heterocycles. The standard InChI is InChI=1S/C23H19Cl3N4O3S/c24-23(25,26)21(29-22(34)27-17-13-7-8-14-18(17)30(32)33)28-20(31)19(15-9-3-1-4-10-15)16-11-5-2-6-12-16/h1-14,19,21H,(H,28,31)(H2,27,29,34). The van der Waals surface area contributed by atoms with E-state index in [2.05, 4.69) is 16.0 Å². The minimum Gasteiger partial charge on any atom is -0.339 e. The van der Waals surface area contributed by atoms with Crippen molar-refractivity contribution in [1.29, 1.82) is 0 Å². The van der Waals surface area contributed by atoms with Gasteiger partial charge in [-0.3, -0.25) is 14.9 Å². The van der Waals surface area contributed by atoms with E-state index >= 15 is 0 Å². The highest BCUT2D eigenvalue weighted by Crippen LogP contribution is 2.31. The molecular formula is C23H19Cl3N4O3S. The average Bonchev–Trinajstić information content (AvgIpc) is 2.80. The number of rotatable bonds is 7. The summed E-state index contributed by atoms with van der Waals surface area (Å²) in [5.41, 5.74) is 1.45. The van der Waals surface area contributed by atoms with Crippen molar-refractivity contribution in [2.24, 2.45) is 0 Å². The van der Waals surface area contributed by atoms with Crippen molar-refractivity contribution < 1.29 is 9.72 Å². The van der Waals surface area contributed by atoms with Gasteiger partial charge in [0.05, 0.1) is 10.8 Å². The average molecular weight is 538 g/mol. The quantitative estimate of drug-likeness (QED) is 0.121. The zero-order valence-electron chi connectivity index (χ0n) is 17.5. The van der Waals surface area contributed by atoms with Crippen LogP contribution in [-0.2, 0) is 4.79 Å². The Bertz CT molecular complexity index is 1120. The number of hydrogen-bond acceptors (Lipinski definition) is 4. The van der Waals surface area contributed by atoms with Crippen LogP contribution in [-0.4, -0.2) is 25.9 Å². The molecule has 3 N–H and O–H groups in total. The number of halogens is 3. The highest BCUT2D eigenvalue weighted by molar-refractivity contribution is 7.80. The summed E-state index contributed by atoms with van der Waals surface area (Å²) >= 11 is 23.6. The van der Waals surface area contributed by atoms with Gasteiger partial charge in [-0.15, -0.1) is 0 Å². The Morgan fingerprint density at radius 1 is 0.853 bits per heavy atom. The number of alkyl halides is 3. The first-order valence-corrected chi connectivity index (χ1v) is 11.5. The van der Waals surface area contributed by atoms with Gasteiger partial charge in [-0.2, -0.15) is 0 Å². The van der Waals surface area contributed by atoms with Gasteiger partial charge in [0.1, 0.15) is 11.9 Å². The monoisotopic (exact) mass is 536 g/mol. The highest BCUT2D eigenvalue weighted by atomic mass is 35.6. The van der Waals surface area contributed by atoms with Crippen LogP contribution in [0.3, 0.4) is 0 Å². The Hall–Kier alpha value is -2.91. The SMILES string of the molecule is O=C(NC(NC(=S)Nc1ccccc1[N+](=O)[O-])C(Cl)(Cl)Cl)C(c1ccccc1)c1ccccc1. The lowest BCUT2D eigenvalue weighted by Gasteiger charge is -2.29. The van der Waals surface area contributed by atoms with E-state index in [0.717, 1.165) is 11.1 Å². The van der Waals surface area contributed by atoms with Crippen LogP contribution in [0.4, 0.5) is 11.4 Å². The number of para-hydroxylation sites is 2. The summed E-state index contributed by atoms with van der Waals surface area (Å²) in [6.07, 6.45) is -1.25. The van der Waals surface area contributed by atoms with Gasteiger partial charge >= 0.3 is 0 Å². The first-order chi connectivity index (χ1) is 16.2. The number of nitrogens with one attached hydrogen (secondary N) is 3. The molecule has 0 saturated carbocycles. The third-order valence-corrected chi connectivity index (χ3v) is 5.64. The Balaban J connectivity index is 1.82. The van der Waals surface area contributed by atoms with Gasteiger partial charge in [0.25, 0.3) is 5.69 Å². The maximum atomic E-state index is 13.4. The number of anilines is 1. The summed E-state index contributed by atoms with van der Waals surface area (Å²) in [6, 6.07) is 24.3. The number of carbonyl (C=O) groups excluding carboxylic acids is 1. The van der Waals surface area contributed by atoms with E-state index in [-0.39, 0.29) is 16.5 Å². The summed E-state index contributed by atoms with van der Waals surface area (Å²) in [6.45, 7) is 0. The number of nitrogens with zero attached hydrogens (tertiary/aromatic N) is 1. The minimum absolute atomic E-state index is 0.0816. The molecule has 0 radical (unpaired) electrons. The summed E-state index contributed by atoms with van der Waals surface area (Å²) in [5, 5.41) is 19.3. The zero-order valence-corrected chi connectivity index (χ0v) is 20.5. The van der Waals surface area contributed by atoms with Gasteiger partial charge in [0.2, 0.25) is 9.70 Å². The number of benzene rings is 3. The fraction of sp³-hybridized carbons (Fsp3) is 0.130. The summed E-state index contributed by atoms with van der Waals surface area (Å²) in [5.74, 6) is -1.12. The van der Waals surface area contributed by atoms with Gasteiger partial charge in [-0.25, -0.2) is 0 Å². The molecule has 1 amide bonds. The first kappa shape index (κ1) is 25.7. The largest absolute Gasteiger partial charge is 0.339 e. The van der Waals surface area contributed by atoms with E-state index < -0.39 is 26.7 Å². The number of carbonyl (C=O) groups is 1. The molecule has 34 heavy (non-hydrogen) atoms. The zero-order chi connectivity index (χ0) is 24.7. The van der Waals surface area contributed by atoms with Crippen LogP contribution in [0.5, 0.6) is 0 Å². The fourth-order valence-electron chi connectivity index (χ4n) is 3.24. The van der Waals surface area contributed by atoms with Crippen LogP contribution in [0.2, 0.25) is 0 Å². The number of nitro groups is 1. The van der Waals surface area contributed by atoms with Crippen LogP contribution in [0.15, 0.2) is 84.9 Å². The molecule has 3 aromatic carbocycles. The second-order valence-electron chi connectivity index (χ2n) is 7.11. The van der Waals surface area contributed by atoms with E-state index in [0.29, 0.717) is 0 Å². The van der Waals surface area contributed by atoms with Crippen LogP contribution in [0.1, 0.15) is 17.0 Å². The topological polar surface area (TPSA) is 96.3 Å². The molecule has 0 saturated heterocycles. The van der Waals surface area contributed by atoms with Crippen LogP contribution >= 0.6 is 47.0 Å². The van der Waals surface area contributed by atoms with E-state index in [9.17, 15) is 14.9 Å². The molecule has 1 atom stereocenters. The second kappa shape index (κ2) is 11.5. The molecule has 176 valence electrons. The Labute approximate surface area is 216 Å². The second-order valence-corrected chi connectivity index (χ2v) is 9.89. The normalized spacial score (nSPS) is 12.0. The van der Waals surface area contributed by atoms with Crippen molar-refractivity contribution in [3.05, 3.63) is 106 Å². The van der Waals surface area contributed by atoms with E-state index in [4.69, 9.17) is 47.0 Å². The predicted octanol–water partition coefficient (Wildman–Crippen LogP) is 5.53. The molecule has 1 unspecified atom stereocenters. The molecule has 3 aromatic rings. The van der Waals surface area contributed by atoms with Crippen molar-refractivity contribution in [2.75, 3.05) is 5.32 Å². The smallest absolute Gasteiger partial charge is 0.292 e. The lowest BCUT2D eigenvalue weighted by atomic mass is 9.90. The molecule has 0 bridgehead atoms. The van der Waals surface area contributed by atoms with Gasteiger partial charge < -0.3 is 16.0 Å². The summed E-state index contributed by atoms with van der Waals surface area (Å²) < 4.78 is -2.00. The molecule has 0 heterocycles. The predicted molar refractivity (Wildman–Crippen MR) is 139 cm³/mol. The van der Waals surface area contributed by atoms with Crippen molar-refractivity contribution >= 4 is 69.4 Å². The molecule has 0 aliphatic carbocycles. The Kier molecular flexibility index (Phi) is 8.68. The Morgan fingerprint density at radius 2 is 1.35 bits per heavy atom. The number of thiocarbonyl (C=S) groups is 1. The van der Waals surface area contributed by atoms with E-state index in [1.54, 1.807) is 6.07 Å². The van der Waals surface area contributed by atoms with Gasteiger partial charge in [0, 0.05) is 6.07 Å². The molecule has 0 spiro atoms. The molecule has 0 aromatic heterocycles. The van der Waals surface area contributed by atoms with Crippen LogP contribution in [0.25, 0.3) is 0 Å². The highest BCUT2D eigenvalue weighted by Gasteiger charge is 2.37. The van der Waals surface area contributed by atoms with Crippen molar-refractivity contribution in [3.8, 4) is 0 Å². The minimum atomic E-state index is -2.00. The summed E-state index contributed by atoms with van der Waals surface area (Å²) in [7, 11) is 0. The maximum absolute atomic E-state index is 13.4. The van der Waals surface area contributed by atoms with E-state index in [1.165, 1.54) is 18.2 Å². The number of nitro benzene ring substituents is 1. The molecule has 0 aliphatic rings. The molecule has 3 rings (SSSR count). The third kappa shape index (κ3) is 6.80. The van der Waals surface area contributed by atoms with Gasteiger partial charge in [0.15, 0.2) is 5.11 Å². The van der Waals surface area contributed by atoms with Gasteiger partial charge in [-0.1, -0.05) is 108 Å². The lowest BCUT2D eigenvalue weighted by Crippen LogP contribution is -2.57. The van der Waals surface area contributed by atoms with E-state index in [1.807, 2.05) is 60.7 Å². The van der Waals surface area contributed by atoms with Crippen LogP contribution < -0.4 is 16.0 Å². The first-order valence-electron chi connectivity index (χ1n) is 9.94. The van der Waals surface area contributed by atoms with Crippen molar-refractivity contribution in [1.82, 2.24) is 10.6 Å². The number of hydrogen-bond donors (Lipinski definition) is 3. The van der Waals surface area contributed by atoms with Gasteiger partial charge in [-0.05, 0) is 29.4 Å². The van der Waals surface area contributed by atoms with Crippen molar-refractivity contribution in [2.45, 2.75) is 15.9 Å². The molecule has 11 heteroatoms. The molecular weight excluding hydrogens is 519 g/mol. The maximum Gasteiger partial charge on any atom is 0.292 e. The Morgan fingerprint density at radius 3 is 1.85 bits per heavy atom. The third-order valence-electron chi connectivity index (χ3n) is 4.77. The molecule has 0 fully saturated rings. The summed E-state index contributed by atoms with van der Waals surface area (Å²) in [4.78, 5) is 24.1. The lowest BCUT2D eigenvalue weighted by molar-refractivity contribution is -0.383. The van der Waals surface area contributed by atoms with Crippen molar-refractivity contribution in [3.63, 3.8) is 0 Å².